The monoisotopic (exact) mass is 443 g/mol. The number of aryl methyl sites for hydroxylation is 1. The van der Waals surface area contributed by atoms with Crippen molar-refractivity contribution in [2.45, 2.75) is 57.5 Å². The van der Waals surface area contributed by atoms with Crippen molar-refractivity contribution in [2.75, 3.05) is 20.3 Å². The molecule has 1 fully saturated rings. The minimum atomic E-state index is -2.59. The summed E-state index contributed by atoms with van der Waals surface area (Å²) >= 11 is 1.48. The molecule has 1 unspecified atom stereocenters. The molecule has 1 saturated carbocycles. The highest BCUT2D eigenvalue weighted by Gasteiger charge is 2.36. The van der Waals surface area contributed by atoms with Crippen LogP contribution in [0.3, 0.4) is 0 Å². The summed E-state index contributed by atoms with van der Waals surface area (Å²) in [6.45, 7) is 4.27. The lowest BCUT2D eigenvalue weighted by Crippen LogP contribution is -2.45. The van der Waals surface area contributed by atoms with Gasteiger partial charge in [-0.25, -0.2) is 18.6 Å². The molecule has 2 heterocycles. The number of carbonyl (C=O) groups is 1. The van der Waals surface area contributed by atoms with E-state index in [1.165, 1.54) is 18.4 Å². The molecule has 0 aromatic carbocycles. The van der Waals surface area contributed by atoms with Crippen LogP contribution in [-0.4, -0.2) is 55.2 Å². The van der Waals surface area contributed by atoms with Gasteiger partial charge in [0.15, 0.2) is 16.6 Å². The van der Waals surface area contributed by atoms with Crippen LogP contribution in [0.1, 0.15) is 43.3 Å². The third-order valence-electron chi connectivity index (χ3n) is 4.89. The number of thiazole rings is 1. The molecule has 1 aromatic rings. The van der Waals surface area contributed by atoms with Gasteiger partial charge in [-0.1, -0.05) is 0 Å². The third kappa shape index (κ3) is 5.80. The van der Waals surface area contributed by atoms with E-state index < -0.39 is 12.0 Å². The first-order chi connectivity index (χ1) is 14.3. The molecule has 166 valence electrons. The molecular formula is C19H27F2N5O3S. The van der Waals surface area contributed by atoms with Crippen molar-refractivity contribution >= 4 is 23.3 Å². The zero-order valence-corrected chi connectivity index (χ0v) is 18.1. The Kier molecular flexibility index (Phi) is 7.11. The third-order valence-corrected chi connectivity index (χ3v) is 5.86. The van der Waals surface area contributed by atoms with Gasteiger partial charge in [-0.15, -0.1) is 11.3 Å². The van der Waals surface area contributed by atoms with Crippen molar-refractivity contribution in [3.63, 3.8) is 0 Å². The number of nitrogens with one attached hydrogen (secondary N) is 3. The number of ether oxygens (including phenoxy) is 2. The summed E-state index contributed by atoms with van der Waals surface area (Å²) in [7, 11) is 1.29. The zero-order valence-electron chi connectivity index (χ0n) is 17.3. The first-order valence-corrected chi connectivity index (χ1v) is 10.8. The van der Waals surface area contributed by atoms with E-state index >= 15 is 0 Å². The van der Waals surface area contributed by atoms with Crippen molar-refractivity contribution < 1.29 is 23.0 Å². The highest BCUT2D eigenvalue weighted by molar-refractivity contribution is 7.11. The van der Waals surface area contributed by atoms with Crippen LogP contribution in [0, 0.1) is 6.92 Å². The Balaban J connectivity index is 1.71. The van der Waals surface area contributed by atoms with Gasteiger partial charge in [-0.3, -0.25) is 4.99 Å². The second-order valence-corrected chi connectivity index (χ2v) is 8.21. The SMILES string of the molecule is COC(=O)NCCOC1=C(NC2CCC(F)(F)CC2)NC(c2nc(C)cs2)=NC1C. The van der Waals surface area contributed by atoms with Crippen LogP contribution in [0.25, 0.3) is 0 Å². The molecule has 0 bridgehead atoms. The van der Waals surface area contributed by atoms with Crippen molar-refractivity contribution in [1.82, 2.24) is 20.9 Å². The van der Waals surface area contributed by atoms with Gasteiger partial charge >= 0.3 is 6.09 Å². The van der Waals surface area contributed by atoms with Crippen LogP contribution in [0.2, 0.25) is 0 Å². The van der Waals surface area contributed by atoms with Crippen LogP contribution in [0.5, 0.6) is 0 Å². The summed E-state index contributed by atoms with van der Waals surface area (Å²) in [5.74, 6) is -0.807. The summed E-state index contributed by atoms with van der Waals surface area (Å²) in [5.41, 5.74) is 0.899. The minimum Gasteiger partial charge on any atom is -0.490 e. The number of aromatic nitrogens is 1. The second kappa shape index (κ2) is 9.59. The first-order valence-electron chi connectivity index (χ1n) is 9.88. The molecule has 1 aliphatic carbocycles. The fraction of sp³-hybridized carbons (Fsp3) is 0.632. The molecule has 1 atom stereocenters. The predicted molar refractivity (Wildman–Crippen MR) is 110 cm³/mol. The molecule has 1 aromatic heterocycles. The van der Waals surface area contributed by atoms with Crippen LogP contribution in [0.15, 0.2) is 22.0 Å². The average Bonchev–Trinajstić information content (AvgIpc) is 3.14. The van der Waals surface area contributed by atoms with Gasteiger partial charge in [-0.2, -0.15) is 0 Å². The van der Waals surface area contributed by atoms with Crippen LogP contribution < -0.4 is 16.0 Å². The van der Waals surface area contributed by atoms with E-state index in [9.17, 15) is 13.6 Å². The average molecular weight is 444 g/mol. The van der Waals surface area contributed by atoms with Crippen molar-refractivity contribution in [2.24, 2.45) is 4.99 Å². The number of rotatable bonds is 7. The Morgan fingerprint density at radius 1 is 1.40 bits per heavy atom. The molecule has 30 heavy (non-hydrogen) atoms. The molecule has 0 radical (unpaired) electrons. The first kappa shape index (κ1) is 22.3. The maximum atomic E-state index is 13.5. The van der Waals surface area contributed by atoms with E-state index in [0.29, 0.717) is 30.3 Å². The van der Waals surface area contributed by atoms with Gasteiger partial charge in [0.05, 0.1) is 13.7 Å². The van der Waals surface area contributed by atoms with E-state index in [-0.39, 0.29) is 38.1 Å². The molecular weight excluding hydrogens is 416 g/mol. The predicted octanol–water partition coefficient (Wildman–Crippen LogP) is 2.90. The lowest BCUT2D eigenvalue weighted by molar-refractivity contribution is -0.0399. The van der Waals surface area contributed by atoms with E-state index in [1.54, 1.807) is 0 Å². The number of amides is 1. The van der Waals surface area contributed by atoms with Crippen LogP contribution in [0.4, 0.5) is 13.6 Å². The van der Waals surface area contributed by atoms with Gasteiger partial charge in [-0.05, 0) is 26.7 Å². The van der Waals surface area contributed by atoms with E-state index in [0.717, 1.165) is 10.7 Å². The van der Waals surface area contributed by atoms with E-state index in [1.807, 2.05) is 19.2 Å². The highest BCUT2D eigenvalue weighted by atomic mass is 32.1. The van der Waals surface area contributed by atoms with Gasteiger partial charge < -0.3 is 25.4 Å². The summed E-state index contributed by atoms with van der Waals surface area (Å²) < 4.78 is 37.5. The fourth-order valence-corrected chi connectivity index (χ4v) is 4.07. The molecule has 0 saturated heterocycles. The Labute approximate surface area is 178 Å². The fourth-order valence-electron chi connectivity index (χ4n) is 3.32. The maximum Gasteiger partial charge on any atom is 0.406 e. The van der Waals surface area contributed by atoms with Gasteiger partial charge in [0, 0.05) is 30.0 Å². The Hall–Kier alpha value is -2.43. The summed E-state index contributed by atoms with van der Waals surface area (Å²) in [4.78, 5) is 20.3. The van der Waals surface area contributed by atoms with E-state index in [2.05, 4.69) is 30.7 Å². The topological polar surface area (TPSA) is 96.9 Å². The number of hydrogen-bond donors (Lipinski definition) is 3. The number of hydrogen-bond acceptors (Lipinski definition) is 8. The number of halogens is 2. The smallest absolute Gasteiger partial charge is 0.406 e. The quantitative estimate of drug-likeness (QED) is 0.561. The lowest BCUT2D eigenvalue weighted by Gasteiger charge is -2.33. The highest BCUT2D eigenvalue weighted by Crippen LogP contribution is 2.33. The Bertz CT molecular complexity index is 817. The zero-order chi connectivity index (χ0) is 21.7. The van der Waals surface area contributed by atoms with Crippen molar-refractivity contribution in [3.8, 4) is 0 Å². The van der Waals surface area contributed by atoms with Gasteiger partial charge in [0.2, 0.25) is 5.92 Å². The molecule has 3 rings (SSSR count). The number of methoxy groups -OCH3 is 1. The number of aliphatic imine (C=N–C) groups is 1. The normalized spacial score (nSPS) is 21.5. The minimum absolute atomic E-state index is 0.0940. The largest absolute Gasteiger partial charge is 0.490 e. The molecule has 0 spiro atoms. The molecule has 1 aliphatic heterocycles. The van der Waals surface area contributed by atoms with E-state index in [4.69, 9.17) is 4.74 Å². The summed E-state index contributed by atoms with van der Waals surface area (Å²) in [6, 6.07) is -0.403. The van der Waals surface area contributed by atoms with Crippen LogP contribution >= 0.6 is 11.3 Å². The van der Waals surface area contributed by atoms with Crippen molar-refractivity contribution in [3.05, 3.63) is 27.7 Å². The number of amidine groups is 1. The van der Waals surface area contributed by atoms with Crippen molar-refractivity contribution in [1.29, 1.82) is 0 Å². The maximum absolute atomic E-state index is 13.5. The molecule has 3 N–H and O–H groups in total. The lowest BCUT2D eigenvalue weighted by atomic mass is 9.92. The molecule has 11 heteroatoms. The van der Waals surface area contributed by atoms with Crippen LogP contribution in [-0.2, 0) is 9.47 Å². The number of alkyl carbamates (subject to hydrolysis) is 1. The molecule has 2 aliphatic rings. The molecule has 8 nitrogen and oxygen atoms in total. The number of carbonyl (C=O) groups excluding carboxylic acids is 1. The summed E-state index contributed by atoms with van der Waals surface area (Å²) in [6.07, 6.45) is -0.0824. The molecule has 1 amide bonds. The second-order valence-electron chi connectivity index (χ2n) is 7.35. The Morgan fingerprint density at radius 3 is 2.77 bits per heavy atom. The van der Waals surface area contributed by atoms with Gasteiger partial charge in [0.25, 0.3) is 0 Å². The number of nitrogens with zero attached hydrogens (tertiary/aromatic N) is 2. The Morgan fingerprint density at radius 2 is 2.13 bits per heavy atom. The standard InChI is InChI=1S/C19H27F2N5O3S/c1-11-10-30-17(23-11)16-24-12(2)14(29-9-8-22-18(27)28-3)15(26-16)25-13-4-6-19(20,21)7-5-13/h10,12-13,25H,4-9H2,1-3H3,(H,22,27)(H,24,26). The van der Waals surface area contributed by atoms with Gasteiger partial charge in [0.1, 0.15) is 18.5 Å². The summed E-state index contributed by atoms with van der Waals surface area (Å²) in [5, 5.41) is 11.8. The number of alkyl halides is 2.